The smallest absolute Gasteiger partial charge is 0.261 e. The Bertz CT molecular complexity index is 694. The molecule has 20 heavy (non-hydrogen) atoms. The van der Waals surface area contributed by atoms with E-state index in [-0.39, 0.29) is 10.6 Å². The second-order valence-corrected chi connectivity index (χ2v) is 6.64. The first kappa shape index (κ1) is 15.0. The molecule has 0 radical (unpaired) electrons. The Morgan fingerprint density at radius 1 is 1.15 bits per heavy atom. The second-order valence-electron chi connectivity index (χ2n) is 4.40. The van der Waals surface area contributed by atoms with Crippen molar-refractivity contribution >= 4 is 31.6 Å². The Kier molecular flexibility index (Phi) is 4.45. The molecule has 0 bridgehead atoms. The highest BCUT2D eigenvalue weighted by molar-refractivity contribution is 9.08. The van der Waals surface area contributed by atoms with E-state index in [4.69, 9.17) is 0 Å². The standard InChI is InChI=1S/C14H13BrFNO2S/c1-10-6-12(16)8-13(7-10)17-20(18,19)14-4-2-11(9-15)3-5-14/h2-8,17H,9H2,1H3. The van der Waals surface area contributed by atoms with Crippen molar-refractivity contribution in [2.45, 2.75) is 17.1 Å². The Balaban J connectivity index is 2.30. The van der Waals surface area contributed by atoms with Gasteiger partial charge in [0.1, 0.15) is 5.82 Å². The Hall–Kier alpha value is -1.40. The van der Waals surface area contributed by atoms with Crippen molar-refractivity contribution in [2.75, 3.05) is 4.72 Å². The first-order valence-corrected chi connectivity index (χ1v) is 8.46. The van der Waals surface area contributed by atoms with Gasteiger partial charge in [0.25, 0.3) is 10.0 Å². The number of aryl methyl sites for hydroxylation is 1. The van der Waals surface area contributed by atoms with Crippen LogP contribution in [-0.4, -0.2) is 8.42 Å². The van der Waals surface area contributed by atoms with E-state index in [1.165, 1.54) is 18.2 Å². The summed E-state index contributed by atoms with van der Waals surface area (Å²) in [5, 5.41) is 0.657. The monoisotopic (exact) mass is 357 g/mol. The number of sulfonamides is 1. The van der Waals surface area contributed by atoms with Crippen LogP contribution in [0.3, 0.4) is 0 Å². The predicted octanol–water partition coefficient (Wildman–Crippen LogP) is 3.83. The van der Waals surface area contributed by atoms with E-state index in [1.807, 2.05) is 0 Å². The van der Waals surface area contributed by atoms with Gasteiger partial charge in [0.15, 0.2) is 0 Å². The van der Waals surface area contributed by atoms with Gasteiger partial charge in [-0.2, -0.15) is 0 Å². The number of hydrogen-bond donors (Lipinski definition) is 1. The molecular formula is C14H13BrFNO2S. The maximum Gasteiger partial charge on any atom is 0.261 e. The van der Waals surface area contributed by atoms with Gasteiger partial charge in [-0.05, 0) is 48.4 Å². The number of halogens is 2. The van der Waals surface area contributed by atoms with E-state index in [0.29, 0.717) is 10.9 Å². The maximum atomic E-state index is 13.3. The molecule has 0 unspecified atom stereocenters. The van der Waals surface area contributed by atoms with Crippen molar-refractivity contribution in [1.29, 1.82) is 0 Å². The topological polar surface area (TPSA) is 46.2 Å². The van der Waals surface area contributed by atoms with Crippen molar-refractivity contribution < 1.29 is 12.8 Å². The summed E-state index contributed by atoms with van der Waals surface area (Å²) in [6.07, 6.45) is 0. The second kappa shape index (κ2) is 5.93. The predicted molar refractivity (Wildman–Crippen MR) is 81.0 cm³/mol. The Morgan fingerprint density at radius 2 is 1.80 bits per heavy atom. The van der Waals surface area contributed by atoms with E-state index in [2.05, 4.69) is 20.7 Å². The zero-order valence-electron chi connectivity index (χ0n) is 10.7. The Labute approximate surface area is 126 Å². The van der Waals surface area contributed by atoms with Crippen LogP contribution >= 0.6 is 15.9 Å². The third-order valence-corrected chi connectivity index (χ3v) is 4.73. The van der Waals surface area contributed by atoms with E-state index in [9.17, 15) is 12.8 Å². The molecule has 3 nitrogen and oxygen atoms in total. The number of rotatable bonds is 4. The van der Waals surface area contributed by atoms with Crippen molar-refractivity contribution in [1.82, 2.24) is 0 Å². The molecule has 1 N–H and O–H groups in total. The number of hydrogen-bond acceptors (Lipinski definition) is 2. The molecular weight excluding hydrogens is 345 g/mol. The lowest BCUT2D eigenvalue weighted by Gasteiger charge is -2.09. The third kappa shape index (κ3) is 3.58. The molecule has 0 aromatic heterocycles. The quantitative estimate of drug-likeness (QED) is 0.845. The average Bonchev–Trinajstić information content (AvgIpc) is 2.37. The van der Waals surface area contributed by atoms with E-state index < -0.39 is 15.8 Å². The maximum absolute atomic E-state index is 13.3. The minimum atomic E-state index is -3.70. The first-order valence-electron chi connectivity index (χ1n) is 5.85. The van der Waals surface area contributed by atoms with Crippen molar-refractivity contribution in [2.24, 2.45) is 0 Å². The summed E-state index contributed by atoms with van der Waals surface area (Å²) in [6, 6.07) is 10.5. The van der Waals surface area contributed by atoms with Crippen LogP contribution in [0.5, 0.6) is 0 Å². The minimum absolute atomic E-state index is 0.143. The molecule has 6 heteroatoms. The van der Waals surface area contributed by atoms with Crippen LogP contribution in [0.2, 0.25) is 0 Å². The molecule has 0 atom stereocenters. The van der Waals surface area contributed by atoms with Crippen LogP contribution in [0.1, 0.15) is 11.1 Å². The van der Waals surface area contributed by atoms with Crippen LogP contribution in [0.4, 0.5) is 10.1 Å². The molecule has 0 amide bonds. The molecule has 0 aliphatic heterocycles. The molecule has 0 fully saturated rings. The number of alkyl halides is 1. The SMILES string of the molecule is Cc1cc(F)cc(NS(=O)(=O)c2ccc(CBr)cc2)c1. The van der Waals surface area contributed by atoms with E-state index in [0.717, 1.165) is 11.6 Å². The highest BCUT2D eigenvalue weighted by atomic mass is 79.9. The fourth-order valence-corrected chi connectivity index (χ4v) is 3.18. The molecule has 0 aliphatic rings. The molecule has 2 rings (SSSR count). The normalized spacial score (nSPS) is 11.3. The molecule has 0 saturated carbocycles. The van der Waals surface area contributed by atoms with Crippen molar-refractivity contribution in [3.05, 3.63) is 59.4 Å². The Morgan fingerprint density at radius 3 is 2.35 bits per heavy atom. The molecule has 2 aromatic carbocycles. The molecule has 2 aromatic rings. The van der Waals surface area contributed by atoms with Gasteiger partial charge >= 0.3 is 0 Å². The lowest BCUT2D eigenvalue weighted by Crippen LogP contribution is -2.13. The fraction of sp³-hybridized carbons (Fsp3) is 0.143. The van der Waals surface area contributed by atoms with Crippen LogP contribution in [0.15, 0.2) is 47.4 Å². The summed E-state index contributed by atoms with van der Waals surface area (Å²) in [4.78, 5) is 0.143. The number of nitrogens with one attached hydrogen (secondary N) is 1. The average molecular weight is 358 g/mol. The minimum Gasteiger partial charge on any atom is -0.280 e. The fourth-order valence-electron chi connectivity index (χ4n) is 1.77. The zero-order chi connectivity index (χ0) is 14.8. The van der Waals surface area contributed by atoms with Gasteiger partial charge < -0.3 is 0 Å². The number of anilines is 1. The van der Waals surface area contributed by atoms with Crippen LogP contribution in [0.25, 0.3) is 0 Å². The van der Waals surface area contributed by atoms with Gasteiger partial charge in [-0.1, -0.05) is 28.1 Å². The molecule has 106 valence electrons. The lowest BCUT2D eigenvalue weighted by atomic mass is 10.2. The van der Waals surface area contributed by atoms with Gasteiger partial charge in [-0.15, -0.1) is 0 Å². The summed E-state index contributed by atoms with van der Waals surface area (Å²) in [5.41, 5.74) is 1.84. The third-order valence-electron chi connectivity index (χ3n) is 2.68. The number of benzene rings is 2. The molecule has 0 saturated heterocycles. The summed E-state index contributed by atoms with van der Waals surface area (Å²) in [5.74, 6) is -0.475. The van der Waals surface area contributed by atoms with E-state index in [1.54, 1.807) is 25.1 Å². The van der Waals surface area contributed by atoms with Gasteiger partial charge in [-0.25, -0.2) is 12.8 Å². The van der Waals surface area contributed by atoms with Crippen molar-refractivity contribution in [3.63, 3.8) is 0 Å². The largest absolute Gasteiger partial charge is 0.280 e. The summed E-state index contributed by atoms with van der Waals surface area (Å²) >= 11 is 3.30. The van der Waals surface area contributed by atoms with E-state index >= 15 is 0 Å². The van der Waals surface area contributed by atoms with Crippen LogP contribution in [-0.2, 0) is 15.4 Å². The summed E-state index contributed by atoms with van der Waals surface area (Å²) in [6.45, 7) is 1.70. The highest BCUT2D eigenvalue weighted by Crippen LogP contribution is 2.19. The van der Waals surface area contributed by atoms with Crippen LogP contribution < -0.4 is 4.72 Å². The van der Waals surface area contributed by atoms with Gasteiger partial charge in [0.2, 0.25) is 0 Å². The zero-order valence-corrected chi connectivity index (χ0v) is 13.1. The van der Waals surface area contributed by atoms with Gasteiger partial charge in [0, 0.05) is 5.33 Å². The highest BCUT2D eigenvalue weighted by Gasteiger charge is 2.14. The van der Waals surface area contributed by atoms with Gasteiger partial charge in [-0.3, -0.25) is 4.72 Å². The summed E-state index contributed by atoms with van der Waals surface area (Å²) < 4.78 is 40.0. The van der Waals surface area contributed by atoms with Crippen LogP contribution in [0, 0.1) is 12.7 Å². The summed E-state index contributed by atoms with van der Waals surface area (Å²) in [7, 11) is -3.70. The van der Waals surface area contributed by atoms with Gasteiger partial charge in [0.05, 0.1) is 10.6 Å². The first-order chi connectivity index (χ1) is 9.40. The molecule has 0 spiro atoms. The lowest BCUT2D eigenvalue weighted by molar-refractivity contribution is 0.601. The molecule has 0 aliphatic carbocycles. The molecule has 0 heterocycles. The van der Waals surface area contributed by atoms with Crippen molar-refractivity contribution in [3.8, 4) is 0 Å².